The molecule has 0 radical (unpaired) electrons. The summed E-state index contributed by atoms with van der Waals surface area (Å²) in [6, 6.07) is 8.82. The average Bonchev–Trinajstić information content (AvgIpc) is 2.03. The third-order valence-electron chi connectivity index (χ3n) is 1.96. The Morgan fingerprint density at radius 1 is 1.21 bits per heavy atom. The van der Waals surface area contributed by atoms with Crippen LogP contribution in [0, 0.1) is 0 Å². The van der Waals surface area contributed by atoms with Crippen molar-refractivity contribution in [3.05, 3.63) is 35.9 Å². The van der Waals surface area contributed by atoms with Crippen LogP contribution in [0.5, 0.6) is 0 Å². The van der Waals surface area contributed by atoms with E-state index in [9.17, 15) is 13.5 Å². The Bertz CT molecular complexity index is 387. The smallest absolute Gasteiger partial charge is 0.183 e. The van der Waals surface area contributed by atoms with E-state index in [0.29, 0.717) is 5.56 Å². The molecule has 0 heterocycles. The fourth-order valence-corrected chi connectivity index (χ4v) is 1.95. The predicted octanol–water partition coefficient (Wildman–Crippen LogP) is 1.33. The third-order valence-corrected chi connectivity index (χ3v) is 4.20. The molecule has 0 fully saturated rings. The predicted molar refractivity (Wildman–Crippen MR) is 55.4 cm³/mol. The standard InChI is InChI=1S/C10H14O3S/c1-10(2,11)14(12,13)8-9-6-4-3-5-7-9/h3-7,11H,8H2,1-2H3. The summed E-state index contributed by atoms with van der Waals surface area (Å²) in [5.74, 6) is -0.128. The summed E-state index contributed by atoms with van der Waals surface area (Å²) in [5, 5.41) is 9.42. The van der Waals surface area contributed by atoms with Gasteiger partial charge < -0.3 is 5.11 Å². The molecule has 0 aliphatic carbocycles. The molecule has 0 unspecified atom stereocenters. The van der Waals surface area contributed by atoms with E-state index < -0.39 is 14.8 Å². The zero-order valence-electron chi connectivity index (χ0n) is 8.27. The Hall–Kier alpha value is -0.870. The summed E-state index contributed by atoms with van der Waals surface area (Å²) in [6.07, 6.45) is 0. The second kappa shape index (κ2) is 3.71. The second-order valence-corrected chi connectivity index (χ2v) is 6.21. The first-order chi connectivity index (χ1) is 6.33. The molecule has 4 heteroatoms. The summed E-state index contributed by atoms with van der Waals surface area (Å²) in [6.45, 7) is 2.57. The van der Waals surface area contributed by atoms with E-state index in [4.69, 9.17) is 0 Å². The van der Waals surface area contributed by atoms with Crippen LogP contribution >= 0.6 is 0 Å². The first-order valence-electron chi connectivity index (χ1n) is 4.31. The molecule has 1 N–H and O–H groups in total. The molecule has 78 valence electrons. The van der Waals surface area contributed by atoms with Crippen LogP contribution in [0.4, 0.5) is 0 Å². The summed E-state index contributed by atoms with van der Waals surface area (Å²) >= 11 is 0. The summed E-state index contributed by atoms with van der Waals surface area (Å²) in [5.41, 5.74) is 0.689. The van der Waals surface area contributed by atoms with Crippen LogP contribution < -0.4 is 0 Å². The van der Waals surface area contributed by atoms with Gasteiger partial charge in [0, 0.05) is 0 Å². The molecule has 0 atom stereocenters. The zero-order valence-corrected chi connectivity index (χ0v) is 9.08. The summed E-state index contributed by atoms with van der Waals surface area (Å²) in [4.78, 5) is -1.68. The largest absolute Gasteiger partial charge is 0.375 e. The van der Waals surface area contributed by atoms with Crippen LogP contribution in [0.15, 0.2) is 30.3 Å². The van der Waals surface area contributed by atoms with Crippen molar-refractivity contribution in [2.24, 2.45) is 0 Å². The molecule has 0 saturated heterocycles. The molecule has 14 heavy (non-hydrogen) atoms. The summed E-state index contributed by atoms with van der Waals surface area (Å²) < 4.78 is 23.1. The monoisotopic (exact) mass is 214 g/mol. The van der Waals surface area contributed by atoms with Crippen molar-refractivity contribution in [2.45, 2.75) is 24.5 Å². The van der Waals surface area contributed by atoms with E-state index in [0.717, 1.165) is 0 Å². The van der Waals surface area contributed by atoms with E-state index in [1.807, 2.05) is 6.07 Å². The first kappa shape index (κ1) is 11.2. The van der Waals surface area contributed by atoms with E-state index >= 15 is 0 Å². The van der Waals surface area contributed by atoms with E-state index in [1.165, 1.54) is 13.8 Å². The van der Waals surface area contributed by atoms with Gasteiger partial charge in [0.15, 0.2) is 14.8 Å². The quantitative estimate of drug-likeness (QED) is 0.825. The number of rotatable bonds is 3. The van der Waals surface area contributed by atoms with Crippen molar-refractivity contribution in [1.82, 2.24) is 0 Å². The summed E-state index contributed by atoms with van der Waals surface area (Å²) in [7, 11) is -3.50. The fourth-order valence-electron chi connectivity index (χ4n) is 0.970. The molecule has 1 rings (SSSR count). The molecule has 1 aromatic carbocycles. The Kier molecular flexibility index (Phi) is 2.97. The normalized spacial score (nSPS) is 12.8. The SMILES string of the molecule is CC(C)(O)S(=O)(=O)Cc1ccccc1. The highest BCUT2D eigenvalue weighted by atomic mass is 32.2. The molecule has 3 nitrogen and oxygen atoms in total. The zero-order chi connectivity index (χ0) is 10.8. The lowest BCUT2D eigenvalue weighted by molar-refractivity contribution is 0.164. The van der Waals surface area contributed by atoms with Gasteiger partial charge in [-0.2, -0.15) is 0 Å². The fraction of sp³-hybridized carbons (Fsp3) is 0.400. The highest BCUT2D eigenvalue weighted by Gasteiger charge is 2.31. The topological polar surface area (TPSA) is 54.4 Å². The van der Waals surface area contributed by atoms with Gasteiger partial charge in [-0.25, -0.2) is 8.42 Å². The highest BCUT2D eigenvalue weighted by molar-refractivity contribution is 7.91. The van der Waals surface area contributed by atoms with Crippen molar-refractivity contribution in [3.63, 3.8) is 0 Å². The van der Waals surface area contributed by atoms with Gasteiger partial charge in [-0.05, 0) is 19.4 Å². The number of hydrogen-bond acceptors (Lipinski definition) is 3. The number of benzene rings is 1. The highest BCUT2D eigenvalue weighted by Crippen LogP contribution is 2.17. The lowest BCUT2D eigenvalue weighted by Crippen LogP contribution is -2.32. The minimum absolute atomic E-state index is 0.128. The lowest BCUT2D eigenvalue weighted by atomic mass is 10.2. The molecular formula is C10H14O3S. The molecule has 0 saturated carbocycles. The Balaban J connectivity index is 2.91. The van der Waals surface area contributed by atoms with Crippen LogP contribution in [-0.2, 0) is 15.6 Å². The maximum Gasteiger partial charge on any atom is 0.183 e. The minimum atomic E-state index is -3.50. The number of sulfone groups is 1. The third kappa shape index (κ3) is 2.56. The molecule has 0 bridgehead atoms. The lowest BCUT2D eigenvalue weighted by Gasteiger charge is -2.17. The van der Waals surface area contributed by atoms with E-state index in [1.54, 1.807) is 24.3 Å². The van der Waals surface area contributed by atoms with Crippen LogP contribution in [-0.4, -0.2) is 18.5 Å². The number of aliphatic hydroxyl groups is 1. The van der Waals surface area contributed by atoms with Gasteiger partial charge >= 0.3 is 0 Å². The molecule has 0 aromatic heterocycles. The van der Waals surface area contributed by atoms with Crippen LogP contribution in [0.2, 0.25) is 0 Å². The molecule has 0 aliphatic heterocycles. The maximum absolute atomic E-state index is 11.6. The van der Waals surface area contributed by atoms with Crippen LogP contribution in [0.1, 0.15) is 19.4 Å². The van der Waals surface area contributed by atoms with Gasteiger partial charge in [0.1, 0.15) is 0 Å². The Labute approximate surface area is 84.3 Å². The van der Waals surface area contributed by atoms with Gasteiger partial charge in [-0.3, -0.25) is 0 Å². The second-order valence-electron chi connectivity index (χ2n) is 3.69. The van der Waals surface area contributed by atoms with Crippen molar-refractivity contribution < 1.29 is 13.5 Å². The van der Waals surface area contributed by atoms with Gasteiger partial charge in [0.2, 0.25) is 0 Å². The van der Waals surface area contributed by atoms with Crippen molar-refractivity contribution in [1.29, 1.82) is 0 Å². The number of hydrogen-bond donors (Lipinski definition) is 1. The molecule has 0 spiro atoms. The Morgan fingerprint density at radius 3 is 2.14 bits per heavy atom. The van der Waals surface area contributed by atoms with Crippen LogP contribution in [0.3, 0.4) is 0 Å². The average molecular weight is 214 g/mol. The van der Waals surface area contributed by atoms with Crippen molar-refractivity contribution in [2.75, 3.05) is 0 Å². The maximum atomic E-state index is 11.6. The van der Waals surface area contributed by atoms with Crippen LogP contribution in [0.25, 0.3) is 0 Å². The van der Waals surface area contributed by atoms with Gasteiger partial charge in [0.05, 0.1) is 5.75 Å². The van der Waals surface area contributed by atoms with Gasteiger partial charge in [-0.15, -0.1) is 0 Å². The van der Waals surface area contributed by atoms with Gasteiger partial charge in [0.25, 0.3) is 0 Å². The Morgan fingerprint density at radius 2 is 1.71 bits per heavy atom. The molecule has 1 aromatic rings. The van der Waals surface area contributed by atoms with Crippen molar-refractivity contribution in [3.8, 4) is 0 Å². The van der Waals surface area contributed by atoms with E-state index in [2.05, 4.69) is 0 Å². The molecule has 0 aliphatic rings. The van der Waals surface area contributed by atoms with E-state index in [-0.39, 0.29) is 5.75 Å². The van der Waals surface area contributed by atoms with Crippen molar-refractivity contribution >= 4 is 9.84 Å². The first-order valence-corrected chi connectivity index (χ1v) is 5.97. The molecular weight excluding hydrogens is 200 g/mol. The van der Waals surface area contributed by atoms with Gasteiger partial charge in [-0.1, -0.05) is 30.3 Å². The minimum Gasteiger partial charge on any atom is -0.375 e. The molecule has 0 amide bonds.